The Morgan fingerprint density at radius 3 is 3.00 bits per heavy atom. The predicted octanol–water partition coefficient (Wildman–Crippen LogP) is 2.27. The summed E-state index contributed by atoms with van der Waals surface area (Å²) in [7, 11) is 6.19. The summed E-state index contributed by atoms with van der Waals surface area (Å²) >= 11 is 1.71. The number of fused-ring (bicyclic) bond motifs is 1. The van der Waals surface area contributed by atoms with Crippen LogP contribution < -0.4 is 4.90 Å². The molecule has 0 amide bonds. The van der Waals surface area contributed by atoms with Crippen LogP contribution >= 0.6 is 11.3 Å². The lowest BCUT2D eigenvalue weighted by Gasteiger charge is -2.33. The van der Waals surface area contributed by atoms with Crippen LogP contribution in [0, 0.1) is 0 Å². The molecule has 0 unspecified atom stereocenters. The monoisotopic (exact) mass is 357 g/mol. The van der Waals surface area contributed by atoms with Crippen LogP contribution in [0.2, 0.25) is 0 Å². The van der Waals surface area contributed by atoms with Crippen molar-refractivity contribution in [2.75, 3.05) is 32.1 Å². The average Bonchev–Trinajstić information content (AvgIpc) is 3.22. The van der Waals surface area contributed by atoms with Crippen LogP contribution in [0.15, 0.2) is 17.8 Å². The van der Waals surface area contributed by atoms with E-state index in [4.69, 9.17) is 0 Å². The van der Waals surface area contributed by atoms with Crippen LogP contribution in [-0.4, -0.2) is 56.8 Å². The Morgan fingerprint density at radius 2 is 2.16 bits per heavy atom. The summed E-state index contributed by atoms with van der Waals surface area (Å²) in [6, 6.07) is 2.06. The normalized spacial score (nSPS) is 18.4. The van der Waals surface area contributed by atoms with Crippen LogP contribution in [0.3, 0.4) is 0 Å². The van der Waals surface area contributed by atoms with E-state index in [1.807, 2.05) is 0 Å². The molecule has 0 bridgehead atoms. The highest BCUT2D eigenvalue weighted by molar-refractivity contribution is 7.17. The quantitative estimate of drug-likeness (QED) is 0.714. The second-order valence-corrected chi connectivity index (χ2v) is 7.80. The second-order valence-electron chi connectivity index (χ2n) is 6.89. The maximum atomic E-state index is 4.57. The van der Waals surface area contributed by atoms with Crippen LogP contribution in [0.1, 0.15) is 30.4 Å². The summed E-state index contributed by atoms with van der Waals surface area (Å²) in [6.07, 6.45) is 3.95. The predicted molar refractivity (Wildman–Crippen MR) is 100.0 cm³/mol. The molecule has 4 heterocycles. The molecule has 4 rings (SSSR count). The van der Waals surface area contributed by atoms with Gasteiger partial charge in [0.05, 0.1) is 16.8 Å². The van der Waals surface area contributed by atoms with Crippen LogP contribution in [0.4, 0.5) is 5.82 Å². The first-order valence-corrected chi connectivity index (χ1v) is 9.47. The molecule has 0 aromatic carbocycles. The lowest BCUT2D eigenvalue weighted by molar-refractivity contribution is 0.382. The summed E-state index contributed by atoms with van der Waals surface area (Å²) in [6.45, 7) is 2.77. The number of rotatable bonds is 4. The molecule has 25 heavy (non-hydrogen) atoms. The molecule has 7 nitrogen and oxygen atoms in total. The van der Waals surface area contributed by atoms with Gasteiger partial charge in [-0.2, -0.15) is 0 Å². The van der Waals surface area contributed by atoms with Crippen molar-refractivity contribution in [1.29, 1.82) is 0 Å². The molecule has 0 spiro atoms. The minimum Gasteiger partial charge on any atom is -0.355 e. The van der Waals surface area contributed by atoms with E-state index in [0.29, 0.717) is 5.92 Å². The molecule has 1 atom stereocenters. The minimum absolute atomic E-state index is 0.382. The first kappa shape index (κ1) is 16.4. The van der Waals surface area contributed by atoms with E-state index in [9.17, 15) is 0 Å². The molecular weight excluding hydrogens is 334 g/mol. The van der Waals surface area contributed by atoms with Gasteiger partial charge in [0.25, 0.3) is 0 Å². The van der Waals surface area contributed by atoms with Crippen LogP contribution in [-0.2, 0) is 13.6 Å². The molecule has 3 aromatic heterocycles. The fraction of sp³-hybridized carbons (Fsp3) is 0.529. The van der Waals surface area contributed by atoms with E-state index < -0.39 is 0 Å². The van der Waals surface area contributed by atoms with Crippen molar-refractivity contribution in [3.05, 3.63) is 29.4 Å². The molecule has 0 aliphatic carbocycles. The van der Waals surface area contributed by atoms with Gasteiger partial charge in [-0.3, -0.25) is 0 Å². The SMILES string of the molecule is CN(C)Cc1nnc([C@H]2CCCN(c3ncnc4ccsc34)C2)n1C. The van der Waals surface area contributed by atoms with Crippen molar-refractivity contribution in [3.63, 3.8) is 0 Å². The zero-order chi connectivity index (χ0) is 17.4. The Bertz CT molecular complexity index is 869. The number of hydrogen-bond acceptors (Lipinski definition) is 7. The fourth-order valence-electron chi connectivity index (χ4n) is 3.53. The fourth-order valence-corrected chi connectivity index (χ4v) is 4.39. The van der Waals surface area contributed by atoms with Gasteiger partial charge in [-0.25, -0.2) is 9.97 Å². The molecule has 3 aromatic rings. The number of piperidine rings is 1. The van der Waals surface area contributed by atoms with Crippen molar-refractivity contribution in [1.82, 2.24) is 29.6 Å². The van der Waals surface area contributed by atoms with E-state index in [-0.39, 0.29) is 0 Å². The number of nitrogens with zero attached hydrogens (tertiary/aromatic N) is 7. The van der Waals surface area contributed by atoms with E-state index in [1.54, 1.807) is 17.7 Å². The highest BCUT2D eigenvalue weighted by atomic mass is 32.1. The standard InChI is InChI=1S/C17H23N7S/c1-22(2)10-14-20-21-16(23(14)3)12-5-4-7-24(9-12)17-15-13(6-8-25-15)18-11-19-17/h6,8,11-12H,4-5,7,9-10H2,1-3H3/t12-/m0/s1. The Morgan fingerprint density at radius 1 is 1.28 bits per heavy atom. The highest BCUT2D eigenvalue weighted by Gasteiger charge is 2.27. The first-order valence-electron chi connectivity index (χ1n) is 8.59. The van der Waals surface area contributed by atoms with Crippen molar-refractivity contribution < 1.29 is 0 Å². The maximum absolute atomic E-state index is 4.57. The summed E-state index contributed by atoms with van der Waals surface area (Å²) in [5.74, 6) is 3.53. The Hall–Kier alpha value is -2.06. The number of anilines is 1. The smallest absolute Gasteiger partial charge is 0.150 e. The Kier molecular flexibility index (Phi) is 4.39. The summed E-state index contributed by atoms with van der Waals surface area (Å²) in [4.78, 5) is 13.4. The molecule has 1 saturated heterocycles. The molecule has 0 saturated carbocycles. The van der Waals surface area contributed by atoms with Gasteiger partial charge in [0, 0.05) is 26.1 Å². The zero-order valence-electron chi connectivity index (χ0n) is 14.9. The largest absolute Gasteiger partial charge is 0.355 e. The number of aromatic nitrogens is 5. The third-order valence-electron chi connectivity index (χ3n) is 4.77. The zero-order valence-corrected chi connectivity index (χ0v) is 15.7. The van der Waals surface area contributed by atoms with Gasteiger partial charge in [0.1, 0.15) is 23.8 Å². The summed E-state index contributed by atoms with van der Waals surface area (Å²) in [5.41, 5.74) is 1.03. The van der Waals surface area contributed by atoms with Gasteiger partial charge in [-0.1, -0.05) is 0 Å². The Labute approximate surface area is 151 Å². The molecule has 0 radical (unpaired) electrons. The molecule has 1 fully saturated rings. The third kappa shape index (κ3) is 3.11. The number of thiophene rings is 1. The molecule has 1 aliphatic heterocycles. The summed E-state index contributed by atoms with van der Waals surface area (Å²) < 4.78 is 3.34. The van der Waals surface area contributed by atoms with Gasteiger partial charge in [0.15, 0.2) is 0 Å². The van der Waals surface area contributed by atoms with Gasteiger partial charge in [-0.05, 0) is 38.4 Å². The molecule has 0 N–H and O–H groups in total. The molecule has 132 valence electrons. The van der Waals surface area contributed by atoms with Crippen molar-refractivity contribution in [2.45, 2.75) is 25.3 Å². The van der Waals surface area contributed by atoms with Crippen LogP contribution in [0.5, 0.6) is 0 Å². The van der Waals surface area contributed by atoms with E-state index in [0.717, 1.165) is 55.5 Å². The number of hydrogen-bond donors (Lipinski definition) is 0. The van der Waals surface area contributed by atoms with Crippen molar-refractivity contribution in [3.8, 4) is 0 Å². The van der Waals surface area contributed by atoms with Crippen molar-refractivity contribution >= 4 is 27.4 Å². The Balaban J connectivity index is 1.59. The maximum Gasteiger partial charge on any atom is 0.150 e. The van der Waals surface area contributed by atoms with Gasteiger partial charge < -0.3 is 14.4 Å². The highest BCUT2D eigenvalue weighted by Crippen LogP contribution is 2.33. The van der Waals surface area contributed by atoms with Gasteiger partial charge in [-0.15, -0.1) is 21.5 Å². The van der Waals surface area contributed by atoms with Gasteiger partial charge >= 0.3 is 0 Å². The van der Waals surface area contributed by atoms with E-state index >= 15 is 0 Å². The average molecular weight is 357 g/mol. The topological polar surface area (TPSA) is 63.0 Å². The second kappa shape index (κ2) is 6.68. The summed E-state index contributed by atoms with van der Waals surface area (Å²) in [5, 5.41) is 11.0. The third-order valence-corrected chi connectivity index (χ3v) is 5.67. The van der Waals surface area contributed by atoms with Crippen LogP contribution in [0.25, 0.3) is 10.2 Å². The first-order chi connectivity index (χ1) is 12.1. The molecule has 1 aliphatic rings. The lowest BCUT2D eigenvalue weighted by atomic mass is 9.97. The lowest BCUT2D eigenvalue weighted by Crippen LogP contribution is -2.36. The van der Waals surface area contributed by atoms with Gasteiger partial charge in [0.2, 0.25) is 0 Å². The van der Waals surface area contributed by atoms with E-state index in [2.05, 4.69) is 67.1 Å². The van der Waals surface area contributed by atoms with Crippen molar-refractivity contribution in [2.24, 2.45) is 7.05 Å². The molecule has 8 heteroatoms. The molecular formula is C17H23N7S. The minimum atomic E-state index is 0.382. The van der Waals surface area contributed by atoms with E-state index in [1.165, 1.54) is 4.70 Å².